The number of rotatable bonds is 7. The number of para-hydroxylation sites is 3. The zero-order valence-electron chi connectivity index (χ0n) is 43.6. The number of aromatic nitrogens is 5. The van der Waals surface area contributed by atoms with E-state index >= 15 is 0 Å². The Balaban J connectivity index is 0.784. The Bertz CT molecular complexity index is 5350. The van der Waals surface area contributed by atoms with Crippen molar-refractivity contribution in [3.63, 3.8) is 0 Å². The molecule has 4 aromatic heterocycles. The molecule has 0 fully saturated rings. The predicted molar refractivity (Wildman–Crippen MR) is 335 cm³/mol. The van der Waals surface area contributed by atoms with Gasteiger partial charge < -0.3 is 13.6 Å². The molecule has 6 nitrogen and oxygen atoms in total. The zero-order chi connectivity index (χ0) is 53.1. The van der Waals surface area contributed by atoms with Crippen LogP contribution in [0.15, 0.2) is 277 Å². The minimum absolute atomic E-state index is 0.628. The Labute approximate surface area is 464 Å². The summed E-state index contributed by atoms with van der Waals surface area (Å²) in [6.45, 7) is 0. The predicted octanol–water partition coefficient (Wildman–Crippen LogP) is 19.8. The molecule has 0 N–H and O–H groups in total. The third-order valence-corrected chi connectivity index (χ3v) is 16.5. The second-order valence-corrected chi connectivity index (χ2v) is 21.1. The number of hydrogen-bond acceptors (Lipinski definition) is 4. The summed E-state index contributed by atoms with van der Waals surface area (Å²) in [7, 11) is 0. The van der Waals surface area contributed by atoms with Gasteiger partial charge in [-0.3, -0.25) is 0 Å². The standard InChI is InChI=1S/C75H45N5O/c1-4-16-46(17-5-1)73-76-74(47-18-6-2-7-19-47)78-75(77-73)52-28-34-57-55-22-10-11-23-56(55)58-35-33-54(45-62(58)61(57)44-52)80-68-27-15-13-25-60(68)64-41-49(30-37-70(64)80)51-32-39-72-66(43-51)65-42-50(31-38-71(65)81-72)48-29-36-69-63(40-48)59-24-12-14-26-67(59)79(69)53-20-8-3-9-21-53/h1-45H. The average Bonchev–Trinajstić information content (AvgIpc) is 4.31. The molecule has 4 heterocycles. The van der Waals surface area contributed by atoms with Gasteiger partial charge in [0, 0.05) is 60.4 Å². The van der Waals surface area contributed by atoms with Crippen LogP contribution in [-0.2, 0) is 0 Å². The van der Waals surface area contributed by atoms with Crippen LogP contribution in [-0.4, -0.2) is 24.1 Å². The lowest BCUT2D eigenvalue weighted by molar-refractivity contribution is 0.669. The van der Waals surface area contributed by atoms with Gasteiger partial charge in [0.1, 0.15) is 11.2 Å². The van der Waals surface area contributed by atoms with Crippen LogP contribution in [0.2, 0.25) is 0 Å². The van der Waals surface area contributed by atoms with Crippen molar-refractivity contribution in [1.29, 1.82) is 0 Å². The zero-order valence-corrected chi connectivity index (χ0v) is 43.6. The molecular weight excluding hydrogens is 987 g/mol. The molecule has 0 amide bonds. The van der Waals surface area contributed by atoms with Gasteiger partial charge in [0.15, 0.2) is 17.5 Å². The third kappa shape index (κ3) is 7.17. The fourth-order valence-electron chi connectivity index (χ4n) is 12.7. The summed E-state index contributed by atoms with van der Waals surface area (Å²) in [5.41, 5.74) is 16.1. The molecule has 376 valence electrons. The lowest BCUT2D eigenvalue weighted by atomic mass is 9.93. The maximum absolute atomic E-state index is 6.53. The molecule has 13 aromatic carbocycles. The largest absolute Gasteiger partial charge is 0.456 e. The van der Waals surface area contributed by atoms with Crippen LogP contribution >= 0.6 is 0 Å². The van der Waals surface area contributed by atoms with E-state index in [1.807, 2.05) is 36.4 Å². The highest BCUT2D eigenvalue weighted by atomic mass is 16.3. The van der Waals surface area contributed by atoms with Crippen LogP contribution in [0.4, 0.5) is 0 Å². The van der Waals surface area contributed by atoms with Gasteiger partial charge in [-0.2, -0.15) is 0 Å². The van der Waals surface area contributed by atoms with Crippen molar-refractivity contribution in [2.75, 3.05) is 0 Å². The molecule has 0 aliphatic carbocycles. The van der Waals surface area contributed by atoms with E-state index in [0.29, 0.717) is 17.5 Å². The molecule has 17 aromatic rings. The topological polar surface area (TPSA) is 61.7 Å². The van der Waals surface area contributed by atoms with E-state index < -0.39 is 0 Å². The maximum atomic E-state index is 6.53. The highest BCUT2D eigenvalue weighted by molar-refractivity contribution is 6.26. The highest BCUT2D eigenvalue weighted by Gasteiger charge is 2.20. The number of hydrogen-bond donors (Lipinski definition) is 0. The first-order valence-corrected chi connectivity index (χ1v) is 27.5. The maximum Gasteiger partial charge on any atom is 0.164 e. The monoisotopic (exact) mass is 1030 g/mol. The molecule has 6 heteroatoms. The molecule has 0 spiro atoms. The van der Waals surface area contributed by atoms with E-state index in [4.69, 9.17) is 19.4 Å². The van der Waals surface area contributed by atoms with Crippen molar-refractivity contribution in [1.82, 2.24) is 24.1 Å². The molecule has 17 rings (SSSR count). The van der Waals surface area contributed by atoms with Crippen molar-refractivity contribution in [2.45, 2.75) is 0 Å². The minimum Gasteiger partial charge on any atom is -0.456 e. The normalized spacial score (nSPS) is 12.0. The van der Waals surface area contributed by atoms with Gasteiger partial charge in [0.05, 0.1) is 22.1 Å². The lowest BCUT2D eigenvalue weighted by Gasteiger charge is -2.15. The molecule has 0 bridgehead atoms. The van der Waals surface area contributed by atoms with E-state index in [2.05, 4.69) is 246 Å². The van der Waals surface area contributed by atoms with Crippen molar-refractivity contribution < 1.29 is 4.42 Å². The van der Waals surface area contributed by atoms with Crippen LogP contribution in [0.3, 0.4) is 0 Å². The average molecular weight is 1030 g/mol. The Kier molecular flexibility index (Phi) is 9.91. The second-order valence-electron chi connectivity index (χ2n) is 21.1. The van der Waals surface area contributed by atoms with E-state index in [1.54, 1.807) is 0 Å². The fourth-order valence-corrected chi connectivity index (χ4v) is 12.7. The first-order valence-electron chi connectivity index (χ1n) is 27.5. The molecule has 0 radical (unpaired) electrons. The van der Waals surface area contributed by atoms with Gasteiger partial charge in [-0.1, -0.05) is 182 Å². The van der Waals surface area contributed by atoms with Gasteiger partial charge in [-0.15, -0.1) is 0 Å². The smallest absolute Gasteiger partial charge is 0.164 e. The summed E-state index contributed by atoms with van der Waals surface area (Å²) in [5, 5.41) is 14.1. The first kappa shape index (κ1) is 45.1. The van der Waals surface area contributed by atoms with E-state index in [9.17, 15) is 0 Å². The molecule has 0 aliphatic heterocycles. The summed E-state index contributed by atoms with van der Waals surface area (Å²) in [6, 6.07) is 97.8. The lowest BCUT2D eigenvalue weighted by Crippen LogP contribution is -2.00. The Morgan fingerprint density at radius 2 is 0.568 bits per heavy atom. The van der Waals surface area contributed by atoms with Crippen molar-refractivity contribution in [3.8, 4) is 67.8 Å². The molecule has 0 atom stereocenters. The van der Waals surface area contributed by atoms with Crippen LogP contribution in [0.5, 0.6) is 0 Å². The second kappa shape index (κ2) is 17.8. The first-order chi connectivity index (χ1) is 40.1. The number of furan rings is 1. The quantitative estimate of drug-likeness (QED) is 0.149. The summed E-state index contributed by atoms with van der Waals surface area (Å²) >= 11 is 0. The number of benzene rings is 13. The van der Waals surface area contributed by atoms with Crippen molar-refractivity contribution >= 4 is 97.9 Å². The SMILES string of the molecule is c1ccc(-c2nc(-c3ccccc3)nc(-c3ccc4c5ccccc5c5ccc(-n6c7ccccc7c7cc(-c8ccc9oc%10ccc(-c%11ccc%12c(c%11)c%11ccccc%11n%12-c%11ccccc%11)cc%10c9c8)ccc76)cc5c4c3)n2)cc1. The highest BCUT2D eigenvalue weighted by Crippen LogP contribution is 2.43. The summed E-state index contributed by atoms with van der Waals surface area (Å²) < 4.78 is 11.3. The molecular formula is C75H45N5O. The molecule has 81 heavy (non-hydrogen) atoms. The minimum atomic E-state index is 0.628. The van der Waals surface area contributed by atoms with E-state index in [0.717, 1.165) is 88.5 Å². The summed E-state index contributed by atoms with van der Waals surface area (Å²) in [6.07, 6.45) is 0. The van der Waals surface area contributed by atoms with Gasteiger partial charge in [0.25, 0.3) is 0 Å². The van der Waals surface area contributed by atoms with Crippen LogP contribution in [0.25, 0.3) is 166 Å². The Morgan fingerprint density at radius 1 is 0.210 bits per heavy atom. The van der Waals surface area contributed by atoms with Crippen molar-refractivity contribution in [3.05, 3.63) is 273 Å². The van der Waals surface area contributed by atoms with Crippen molar-refractivity contribution in [2.24, 2.45) is 0 Å². The van der Waals surface area contributed by atoms with Crippen LogP contribution < -0.4 is 0 Å². The Morgan fingerprint density at radius 3 is 1.10 bits per heavy atom. The summed E-state index contributed by atoms with van der Waals surface area (Å²) in [4.78, 5) is 15.3. The third-order valence-electron chi connectivity index (χ3n) is 16.5. The van der Waals surface area contributed by atoms with Crippen LogP contribution in [0, 0.1) is 0 Å². The fraction of sp³-hybridized carbons (Fsp3) is 0. The van der Waals surface area contributed by atoms with E-state index in [-0.39, 0.29) is 0 Å². The van der Waals surface area contributed by atoms with Gasteiger partial charge >= 0.3 is 0 Å². The van der Waals surface area contributed by atoms with Gasteiger partial charge in [-0.25, -0.2) is 15.0 Å². The molecule has 0 saturated carbocycles. The summed E-state index contributed by atoms with van der Waals surface area (Å²) in [5.74, 6) is 1.90. The number of fused-ring (bicyclic) bond motifs is 15. The van der Waals surface area contributed by atoms with Crippen LogP contribution in [0.1, 0.15) is 0 Å². The van der Waals surface area contributed by atoms with Gasteiger partial charge in [-0.05, 0) is 146 Å². The van der Waals surface area contributed by atoms with E-state index in [1.165, 1.54) is 59.7 Å². The number of nitrogens with zero attached hydrogens (tertiary/aromatic N) is 5. The Hall–Kier alpha value is -11.0. The molecule has 0 saturated heterocycles. The molecule has 0 aliphatic rings. The van der Waals surface area contributed by atoms with Gasteiger partial charge in [0.2, 0.25) is 0 Å². The molecule has 0 unspecified atom stereocenters.